The van der Waals surface area contributed by atoms with Gasteiger partial charge in [0.1, 0.15) is 0 Å². The Morgan fingerprint density at radius 2 is 1.97 bits per heavy atom. The molecule has 0 aromatic heterocycles. The summed E-state index contributed by atoms with van der Waals surface area (Å²) in [5.41, 5.74) is 4.75. The van der Waals surface area contributed by atoms with Gasteiger partial charge in [-0.3, -0.25) is 9.79 Å². The largest absolute Gasteiger partial charge is 0.349 e. The van der Waals surface area contributed by atoms with Gasteiger partial charge < -0.3 is 5.32 Å². The van der Waals surface area contributed by atoms with Crippen LogP contribution in [0.5, 0.6) is 0 Å². The Balaban J connectivity index is 0.000000214. The molecule has 6 heteroatoms. The van der Waals surface area contributed by atoms with Crippen LogP contribution in [-0.2, 0) is 4.79 Å². The molecule has 1 fully saturated rings. The second-order valence-corrected chi connectivity index (χ2v) is 10.3. The Labute approximate surface area is 223 Å². The molecule has 0 unspecified atom stereocenters. The number of hydrogen-bond acceptors (Lipinski definition) is 3. The van der Waals surface area contributed by atoms with Crippen LogP contribution in [0, 0.1) is 0 Å². The summed E-state index contributed by atoms with van der Waals surface area (Å²) in [5.74, 6) is -0.0124. The van der Waals surface area contributed by atoms with Crippen molar-refractivity contribution in [2.75, 3.05) is 0 Å². The van der Waals surface area contributed by atoms with Crippen molar-refractivity contribution in [3.63, 3.8) is 0 Å². The van der Waals surface area contributed by atoms with Crippen molar-refractivity contribution in [2.24, 2.45) is 4.99 Å². The maximum absolute atomic E-state index is 11.5. The summed E-state index contributed by atoms with van der Waals surface area (Å²) in [6.07, 6.45) is 16.0. The van der Waals surface area contributed by atoms with Gasteiger partial charge in [-0.05, 0) is 61.8 Å². The fourth-order valence-corrected chi connectivity index (χ4v) is 5.06. The molecule has 1 amide bonds. The minimum absolute atomic E-state index is 0.0124. The summed E-state index contributed by atoms with van der Waals surface area (Å²) in [6, 6.07) is 8.68. The lowest BCUT2D eigenvalue weighted by Crippen LogP contribution is -2.33. The zero-order valence-electron chi connectivity index (χ0n) is 20.3. The maximum atomic E-state index is 11.5. The number of rotatable bonds is 5. The molecule has 1 aromatic carbocycles. The molecule has 0 bridgehead atoms. The van der Waals surface area contributed by atoms with E-state index in [1.807, 2.05) is 50.3 Å². The van der Waals surface area contributed by atoms with Gasteiger partial charge in [0, 0.05) is 27.8 Å². The van der Waals surface area contributed by atoms with E-state index in [0.29, 0.717) is 21.7 Å². The predicted molar refractivity (Wildman–Crippen MR) is 152 cm³/mol. The van der Waals surface area contributed by atoms with Crippen molar-refractivity contribution >= 4 is 46.6 Å². The summed E-state index contributed by atoms with van der Waals surface area (Å²) in [7, 11) is 0. The Morgan fingerprint density at radius 1 is 1.23 bits per heavy atom. The van der Waals surface area contributed by atoms with Crippen molar-refractivity contribution in [1.29, 1.82) is 0 Å². The van der Waals surface area contributed by atoms with Crippen molar-refractivity contribution < 1.29 is 4.79 Å². The third-order valence-electron chi connectivity index (χ3n) is 5.76. The smallest absolute Gasteiger partial charge is 0.250 e. The summed E-state index contributed by atoms with van der Waals surface area (Å²) >= 11 is 14.0. The molecule has 4 rings (SSSR count). The molecule has 2 aliphatic carbocycles. The third-order valence-corrected chi connectivity index (χ3v) is 7.57. The molecular formula is C29H32Cl2N2OS. The molecule has 3 aliphatic rings. The van der Waals surface area contributed by atoms with E-state index in [2.05, 4.69) is 29.4 Å². The molecule has 35 heavy (non-hydrogen) atoms. The van der Waals surface area contributed by atoms with Crippen LogP contribution in [0.3, 0.4) is 0 Å². The fraction of sp³-hybridized carbons (Fsp3) is 0.310. The third kappa shape index (κ3) is 8.13. The first kappa shape index (κ1) is 27.3. The maximum Gasteiger partial charge on any atom is 0.250 e. The number of carbonyl (C=O) groups is 1. The van der Waals surface area contributed by atoms with Gasteiger partial charge in [-0.25, -0.2) is 0 Å². The summed E-state index contributed by atoms with van der Waals surface area (Å²) in [6.45, 7) is 7.79. The van der Waals surface area contributed by atoms with E-state index in [1.54, 1.807) is 17.8 Å². The lowest BCUT2D eigenvalue weighted by atomic mass is 9.99. The number of thioether (sulfide) groups is 1. The van der Waals surface area contributed by atoms with Crippen LogP contribution in [0.2, 0.25) is 0 Å². The predicted octanol–water partition coefficient (Wildman–Crippen LogP) is 8.59. The number of amides is 1. The number of halogens is 2. The average molecular weight is 528 g/mol. The number of hydrogen-bond donors (Lipinski definition) is 1. The molecule has 1 aromatic rings. The number of aliphatic imine (C=N–C) groups is 1. The van der Waals surface area contributed by atoms with E-state index >= 15 is 0 Å². The highest BCUT2D eigenvalue weighted by Crippen LogP contribution is 2.33. The molecule has 3 nitrogen and oxygen atoms in total. The van der Waals surface area contributed by atoms with E-state index in [0.717, 1.165) is 48.2 Å². The Bertz CT molecular complexity index is 1140. The van der Waals surface area contributed by atoms with Crippen LogP contribution < -0.4 is 5.32 Å². The number of fused-ring (bicyclic) bond motifs is 1. The normalized spacial score (nSPS) is 18.0. The van der Waals surface area contributed by atoms with Crippen LogP contribution in [0.1, 0.15) is 57.9 Å². The first-order valence-electron chi connectivity index (χ1n) is 12.0. The highest BCUT2D eigenvalue weighted by atomic mass is 35.5. The topological polar surface area (TPSA) is 41.5 Å². The fourth-order valence-electron chi connectivity index (χ4n) is 3.92. The number of nitrogens with one attached hydrogen (secondary N) is 1. The highest BCUT2D eigenvalue weighted by Gasteiger charge is 2.18. The molecular weight excluding hydrogens is 495 g/mol. The first-order chi connectivity index (χ1) is 16.9. The van der Waals surface area contributed by atoms with Crippen LogP contribution in [-0.4, -0.2) is 17.7 Å². The van der Waals surface area contributed by atoms with Gasteiger partial charge in [-0.1, -0.05) is 97.7 Å². The lowest BCUT2D eigenvalue weighted by molar-refractivity contribution is -0.117. The summed E-state index contributed by atoms with van der Waals surface area (Å²) in [4.78, 5) is 17.5. The van der Waals surface area contributed by atoms with Crippen LogP contribution in [0.4, 0.5) is 0 Å². The quantitative estimate of drug-likeness (QED) is 0.308. The van der Waals surface area contributed by atoms with Gasteiger partial charge >= 0.3 is 0 Å². The van der Waals surface area contributed by atoms with Crippen molar-refractivity contribution in [2.45, 2.75) is 63.3 Å². The number of carbonyl (C=O) groups excluding carboxylic acids is 1. The van der Waals surface area contributed by atoms with Crippen LogP contribution in [0.15, 0.2) is 103 Å². The lowest BCUT2D eigenvalue weighted by Gasteiger charge is -2.11. The molecule has 1 heterocycles. The van der Waals surface area contributed by atoms with Crippen molar-refractivity contribution in [1.82, 2.24) is 5.32 Å². The van der Waals surface area contributed by atoms with E-state index in [4.69, 9.17) is 28.2 Å². The van der Waals surface area contributed by atoms with Gasteiger partial charge in [0.15, 0.2) is 0 Å². The van der Waals surface area contributed by atoms with E-state index < -0.39 is 0 Å². The minimum atomic E-state index is -0.0124. The standard InChI is InChI=1S/C17H13Cl2NS.C12H19NO/c1-11-10-21-16-8-3-2-6-13(16)17(20-11)12-5-4-7-14(18)15(19)9-12;1-3-4-7-10(2)12(14)13-11-8-5-6-9-11/h2-4,6-10H,5H2,1H3;4,7,11H,2-3,5-6,8-9H2,1H3,(H,13,14)/b;7-4-. The number of benzene rings is 1. The van der Waals surface area contributed by atoms with Gasteiger partial charge in [-0.2, -0.15) is 0 Å². The molecule has 1 saturated carbocycles. The molecule has 1 aliphatic heterocycles. The van der Waals surface area contributed by atoms with Crippen LogP contribution in [0.25, 0.3) is 0 Å². The zero-order valence-corrected chi connectivity index (χ0v) is 22.6. The zero-order chi connectivity index (χ0) is 25.2. The second-order valence-electron chi connectivity index (χ2n) is 8.60. The average Bonchev–Trinajstić information content (AvgIpc) is 3.23. The minimum Gasteiger partial charge on any atom is -0.349 e. The van der Waals surface area contributed by atoms with E-state index in [1.165, 1.54) is 17.7 Å². The Morgan fingerprint density at radius 3 is 2.71 bits per heavy atom. The Kier molecular flexibility index (Phi) is 10.7. The Hall–Kier alpha value is -2.27. The molecule has 0 radical (unpaired) electrons. The van der Waals surface area contributed by atoms with E-state index in [-0.39, 0.29) is 5.91 Å². The second kappa shape index (κ2) is 13.7. The van der Waals surface area contributed by atoms with Gasteiger partial charge in [-0.15, -0.1) is 0 Å². The first-order valence-corrected chi connectivity index (χ1v) is 13.6. The monoisotopic (exact) mass is 526 g/mol. The SMILES string of the molecule is C=C(/C=C\CC)C(=O)NC1CCCC1.CC1=CSc2ccccc2C(C2=CC(Cl)=C(Cl)C=CC2)=N1. The number of allylic oxidation sites excluding steroid dienone is 8. The number of nitrogens with zero attached hydrogens (tertiary/aromatic N) is 1. The highest BCUT2D eigenvalue weighted by molar-refractivity contribution is 8.02. The van der Waals surface area contributed by atoms with Crippen molar-refractivity contribution in [3.05, 3.63) is 99.1 Å². The van der Waals surface area contributed by atoms with Gasteiger partial charge in [0.25, 0.3) is 5.91 Å². The van der Waals surface area contributed by atoms with Gasteiger partial charge in [0.2, 0.25) is 0 Å². The summed E-state index contributed by atoms with van der Waals surface area (Å²) < 4.78 is 0. The van der Waals surface area contributed by atoms with Gasteiger partial charge in [0.05, 0.1) is 15.8 Å². The summed E-state index contributed by atoms with van der Waals surface area (Å²) in [5, 5.41) is 6.19. The van der Waals surface area contributed by atoms with E-state index in [9.17, 15) is 4.79 Å². The van der Waals surface area contributed by atoms with Crippen LogP contribution >= 0.6 is 35.0 Å². The molecule has 1 N–H and O–H groups in total. The molecule has 0 atom stereocenters. The molecule has 0 saturated heterocycles. The molecule has 184 valence electrons. The molecule has 0 spiro atoms. The van der Waals surface area contributed by atoms with Crippen molar-refractivity contribution in [3.8, 4) is 0 Å².